The summed E-state index contributed by atoms with van der Waals surface area (Å²) in [6.07, 6.45) is 6.93. The molecule has 0 N–H and O–H groups in total. The van der Waals surface area contributed by atoms with Crippen molar-refractivity contribution in [2.24, 2.45) is 7.05 Å². The van der Waals surface area contributed by atoms with Crippen LogP contribution in [0, 0.1) is 6.92 Å². The Morgan fingerprint density at radius 3 is 2.59 bits per heavy atom. The molecular formula is C29H28LiN5O4. The molecule has 10 heteroatoms. The van der Waals surface area contributed by atoms with E-state index in [1.54, 1.807) is 10.6 Å². The van der Waals surface area contributed by atoms with Crippen LogP contribution in [-0.2, 0) is 18.2 Å². The van der Waals surface area contributed by atoms with Crippen molar-refractivity contribution in [3.8, 4) is 11.4 Å². The average Bonchev–Trinajstić information content (AvgIpc) is 2.95. The molecule has 0 amide bonds. The summed E-state index contributed by atoms with van der Waals surface area (Å²) in [6, 6.07) is 9.49. The predicted molar refractivity (Wildman–Crippen MR) is 142 cm³/mol. The smallest absolute Gasteiger partial charge is 0.543 e. The molecule has 0 saturated carbocycles. The van der Waals surface area contributed by atoms with Gasteiger partial charge in [0, 0.05) is 49.5 Å². The number of benzene rings is 1. The number of aryl methyl sites for hydroxylation is 3. The van der Waals surface area contributed by atoms with Gasteiger partial charge in [0.1, 0.15) is 0 Å². The van der Waals surface area contributed by atoms with Crippen LogP contribution in [0.1, 0.15) is 52.5 Å². The van der Waals surface area contributed by atoms with Gasteiger partial charge in [0.15, 0.2) is 5.82 Å². The molecule has 1 fully saturated rings. The van der Waals surface area contributed by atoms with Gasteiger partial charge in [-0.15, -0.1) is 0 Å². The van der Waals surface area contributed by atoms with E-state index in [0.717, 1.165) is 73.4 Å². The summed E-state index contributed by atoms with van der Waals surface area (Å²) in [5.74, 6) is -0.439. The third kappa shape index (κ3) is 4.98. The van der Waals surface area contributed by atoms with Gasteiger partial charge in [0.25, 0.3) is 5.56 Å². The zero-order valence-corrected chi connectivity index (χ0v) is 22.4. The number of nitrogens with zero attached hydrogens (tertiary/aromatic N) is 5. The number of hydrogen-bond donors (Lipinski definition) is 0. The standard InChI is InChI=1S/C29H29N5O4.Li/c1-17-12-21-24(33(2)28(17)35)13-20(18-7-10-38-11-8-18)14-25(21)34-9-3-4-22-26(34)16-31-27(32-22)19-5-6-23(29(36)37)30-15-19;/h5-6,12-16,18H,3-4,7-11H2,1-2H3,(H,36,37);/q;+1/p-1. The van der Waals surface area contributed by atoms with Gasteiger partial charge < -0.3 is 24.1 Å². The van der Waals surface area contributed by atoms with Crippen LogP contribution in [0.2, 0.25) is 0 Å². The van der Waals surface area contributed by atoms with Gasteiger partial charge in [0.2, 0.25) is 0 Å². The molecule has 0 bridgehead atoms. The number of ether oxygens (including phenoxy) is 1. The van der Waals surface area contributed by atoms with Gasteiger partial charge in [-0.05, 0) is 74.4 Å². The topological polar surface area (TPSA) is 113 Å². The summed E-state index contributed by atoms with van der Waals surface area (Å²) >= 11 is 0. The predicted octanol–water partition coefficient (Wildman–Crippen LogP) is 0.0447. The van der Waals surface area contributed by atoms with E-state index in [9.17, 15) is 14.7 Å². The van der Waals surface area contributed by atoms with Crippen LogP contribution in [0.3, 0.4) is 0 Å². The molecule has 5 heterocycles. The number of carboxylic acid groups (broad SMARTS) is 1. The first kappa shape index (κ1) is 27.1. The van der Waals surface area contributed by atoms with Crippen LogP contribution in [0.25, 0.3) is 22.3 Å². The van der Waals surface area contributed by atoms with Crippen molar-refractivity contribution in [3.05, 3.63) is 75.6 Å². The number of carbonyl (C=O) groups excluding carboxylic acids is 1. The van der Waals surface area contributed by atoms with Crippen molar-refractivity contribution in [3.63, 3.8) is 0 Å². The Morgan fingerprint density at radius 1 is 1.08 bits per heavy atom. The molecule has 2 aliphatic rings. The Balaban J connectivity index is 0.00000308. The van der Waals surface area contributed by atoms with E-state index in [0.29, 0.717) is 22.9 Å². The Hall–Kier alpha value is -3.51. The number of fused-ring (bicyclic) bond motifs is 2. The second kappa shape index (κ2) is 10.9. The SMILES string of the molecule is Cc1cc2c(N3CCCc4nc(-c5ccc(C(=O)[O-])nc5)ncc43)cc(C3CCOCC3)cc2n(C)c1=O.[Li+]. The van der Waals surface area contributed by atoms with Crippen LogP contribution in [0.4, 0.5) is 11.4 Å². The molecule has 0 atom stereocenters. The second-order valence-corrected chi connectivity index (χ2v) is 10.1. The van der Waals surface area contributed by atoms with Crippen molar-refractivity contribution in [2.75, 3.05) is 24.7 Å². The Kier molecular flexibility index (Phi) is 7.59. The number of hydrogen-bond acceptors (Lipinski definition) is 8. The van der Waals surface area contributed by atoms with Crippen molar-refractivity contribution in [1.82, 2.24) is 19.5 Å². The fourth-order valence-electron chi connectivity index (χ4n) is 5.59. The van der Waals surface area contributed by atoms with E-state index in [2.05, 4.69) is 27.0 Å². The number of pyridine rings is 2. The molecule has 3 aromatic heterocycles. The summed E-state index contributed by atoms with van der Waals surface area (Å²) in [7, 11) is 1.84. The minimum atomic E-state index is -1.32. The molecular weight excluding hydrogens is 489 g/mol. The fourth-order valence-corrected chi connectivity index (χ4v) is 5.59. The van der Waals surface area contributed by atoms with E-state index in [1.165, 1.54) is 17.8 Å². The first-order valence-corrected chi connectivity index (χ1v) is 12.9. The quantitative estimate of drug-likeness (QED) is 0.349. The third-order valence-electron chi connectivity index (χ3n) is 7.67. The molecule has 2 aliphatic heterocycles. The second-order valence-electron chi connectivity index (χ2n) is 10.1. The molecule has 4 aromatic rings. The first-order valence-electron chi connectivity index (χ1n) is 12.9. The average molecular weight is 518 g/mol. The van der Waals surface area contributed by atoms with Crippen LogP contribution < -0.4 is 34.4 Å². The van der Waals surface area contributed by atoms with Gasteiger partial charge in [-0.25, -0.2) is 9.97 Å². The summed E-state index contributed by atoms with van der Waals surface area (Å²) in [5, 5.41) is 12.1. The van der Waals surface area contributed by atoms with Crippen LogP contribution in [0.5, 0.6) is 0 Å². The van der Waals surface area contributed by atoms with Crippen LogP contribution in [0.15, 0.2) is 47.5 Å². The van der Waals surface area contributed by atoms with Gasteiger partial charge in [-0.1, -0.05) is 0 Å². The maximum absolute atomic E-state index is 12.9. The van der Waals surface area contributed by atoms with Crippen molar-refractivity contribution in [2.45, 2.75) is 38.5 Å². The van der Waals surface area contributed by atoms with Crippen molar-refractivity contribution in [1.29, 1.82) is 0 Å². The number of carbonyl (C=O) groups is 1. The molecule has 9 nitrogen and oxygen atoms in total. The van der Waals surface area contributed by atoms with Crippen LogP contribution in [-0.4, -0.2) is 45.2 Å². The van der Waals surface area contributed by atoms with Gasteiger partial charge in [-0.2, -0.15) is 0 Å². The number of rotatable bonds is 4. The molecule has 194 valence electrons. The molecule has 0 unspecified atom stereocenters. The van der Waals surface area contributed by atoms with E-state index in [4.69, 9.17) is 9.72 Å². The number of carboxylic acids is 1. The van der Waals surface area contributed by atoms with Gasteiger partial charge in [0.05, 0.1) is 40.4 Å². The van der Waals surface area contributed by atoms with Crippen molar-refractivity contribution < 1.29 is 33.5 Å². The summed E-state index contributed by atoms with van der Waals surface area (Å²) in [5.41, 5.74) is 6.30. The molecule has 0 spiro atoms. The number of aromatic carboxylic acids is 1. The minimum Gasteiger partial charge on any atom is -0.543 e. The van der Waals surface area contributed by atoms with Gasteiger partial charge in [-0.3, -0.25) is 9.78 Å². The largest absolute Gasteiger partial charge is 1.00 e. The van der Waals surface area contributed by atoms with E-state index < -0.39 is 5.97 Å². The minimum absolute atomic E-state index is 0. The Bertz CT molecular complexity index is 1610. The monoisotopic (exact) mass is 517 g/mol. The zero-order valence-electron chi connectivity index (χ0n) is 22.4. The summed E-state index contributed by atoms with van der Waals surface area (Å²) in [6.45, 7) is 4.16. The fraction of sp³-hybridized carbons (Fsp3) is 0.345. The van der Waals surface area contributed by atoms with Crippen molar-refractivity contribution >= 4 is 28.2 Å². The molecule has 0 radical (unpaired) electrons. The van der Waals surface area contributed by atoms with E-state index in [1.807, 2.05) is 26.2 Å². The molecule has 1 aromatic carbocycles. The van der Waals surface area contributed by atoms with E-state index >= 15 is 0 Å². The molecule has 1 saturated heterocycles. The molecule has 39 heavy (non-hydrogen) atoms. The molecule has 6 rings (SSSR count). The Morgan fingerprint density at radius 2 is 1.87 bits per heavy atom. The summed E-state index contributed by atoms with van der Waals surface area (Å²) < 4.78 is 7.36. The summed E-state index contributed by atoms with van der Waals surface area (Å²) in [4.78, 5) is 39.6. The van der Waals surface area contributed by atoms with Gasteiger partial charge >= 0.3 is 18.9 Å². The number of aromatic nitrogens is 4. The third-order valence-corrected chi connectivity index (χ3v) is 7.67. The van der Waals surface area contributed by atoms with E-state index in [-0.39, 0.29) is 30.1 Å². The maximum atomic E-state index is 12.9. The zero-order chi connectivity index (χ0) is 26.4. The normalized spacial score (nSPS) is 15.6. The number of anilines is 2. The Labute approximate surface area is 238 Å². The molecule has 0 aliphatic carbocycles. The maximum Gasteiger partial charge on any atom is 1.00 e. The van der Waals surface area contributed by atoms with Crippen LogP contribution >= 0.6 is 0 Å². The first-order chi connectivity index (χ1) is 18.4.